The van der Waals surface area contributed by atoms with E-state index in [-0.39, 0.29) is 24.0 Å². The normalized spacial score (nSPS) is 18.0. The fraction of sp³-hybridized carbons (Fsp3) is 0.421. The fourth-order valence-electron chi connectivity index (χ4n) is 3.86. The smallest absolute Gasteiger partial charge is 0.323 e. The number of aromatic amines is 2. The number of nitrogens with one attached hydrogen (secondary N) is 3. The van der Waals surface area contributed by atoms with Gasteiger partial charge in [-0.2, -0.15) is 0 Å². The number of aromatic nitrogens is 2. The Balaban J connectivity index is 1.28. The number of carbonyl (C=O) groups excluding carboxylic acids is 2. The van der Waals surface area contributed by atoms with Crippen LogP contribution in [-0.4, -0.2) is 88.3 Å². The van der Waals surface area contributed by atoms with Gasteiger partial charge in [0.05, 0.1) is 23.3 Å². The summed E-state index contributed by atoms with van der Waals surface area (Å²) in [6.45, 7) is 7.96. The molecule has 1 aromatic carbocycles. The molecule has 0 atom stereocenters. The van der Waals surface area contributed by atoms with Crippen molar-refractivity contribution in [2.45, 2.75) is 6.04 Å². The summed E-state index contributed by atoms with van der Waals surface area (Å²) in [6, 6.07) is 3.70. The van der Waals surface area contributed by atoms with Crippen molar-refractivity contribution in [2.75, 3.05) is 51.1 Å². The van der Waals surface area contributed by atoms with Crippen LogP contribution in [0.4, 0.5) is 5.69 Å². The predicted molar refractivity (Wildman–Crippen MR) is 111 cm³/mol. The van der Waals surface area contributed by atoms with E-state index >= 15 is 0 Å². The molecule has 2 amide bonds. The maximum Gasteiger partial charge on any atom is 0.323 e. The molecule has 3 heterocycles. The highest BCUT2D eigenvalue weighted by atomic mass is 35.5. The van der Waals surface area contributed by atoms with E-state index < -0.39 is 0 Å². The van der Waals surface area contributed by atoms with Crippen LogP contribution >= 0.6 is 11.6 Å². The zero-order valence-corrected chi connectivity index (χ0v) is 16.7. The van der Waals surface area contributed by atoms with E-state index in [0.29, 0.717) is 40.9 Å². The van der Waals surface area contributed by atoms with Gasteiger partial charge in [0.1, 0.15) is 0 Å². The maximum atomic E-state index is 12.6. The molecule has 0 radical (unpaired) electrons. The first-order chi connectivity index (χ1) is 13.9. The van der Waals surface area contributed by atoms with Gasteiger partial charge in [-0.3, -0.25) is 14.5 Å². The number of imidazole rings is 1. The summed E-state index contributed by atoms with van der Waals surface area (Å²) in [5, 5.41) is 3.56. The molecule has 0 saturated carbocycles. The fourth-order valence-corrected chi connectivity index (χ4v) is 4.08. The summed E-state index contributed by atoms with van der Waals surface area (Å²) < 4.78 is 0. The first-order valence-corrected chi connectivity index (χ1v) is 9.91. The summed E-state index contributed by atoms with van der Waals surface area (Å²) in [7, 11) is 0. The Hall–Kier alpha value is -2.78. The van der Waals surface area contributed by atoms with Crippen LogP contribution in [0.1, 0.15) is 0 Å². The third kappa shape index (κ3) is 4.01. The number of amides is 2. The number of hydrogen-bond donors (Lipinski definition) is 3. The Morgan fingerprint density at radius 3 is 2.59 bits per heavy atom. The van der Waals surface area contributed by atoms with Crippen molar-refractivity contribution >= 4 is 40.1 Å². The second-order valence-corrected chi connectivity index (χ2v) is 7.76. The molecule has 29 heavy (non-hydrogen) atoms. The molecule has 0 bridgehead atoms. The van der Waals surface area contributed by atoms with Gasteiger partial charge in [-0.15, -0.1) is 0 Å². The summed E-state index contributed by atoms with van der Waals surface area (Å²) in [6.07, 6.45) is 1.34. The van der Waals surface area contributed by atoms with E-state index in [0.717, 1.165) is 26.2 Å². The molecule has 0 spiro atoms. The molecule has 2 fully saturated rings. The van der Waals surface area contributed by atoms with Crippen molar-refractivity contribution in [2.24, 2.45) is 0 Å². The lowest BCUT2D eigenvalue weighted by Crippen LogP contribution is -2.64. The number of halogens is 1. The summed E-state index contributed by atoms with van der Waals surface area (Å²) in [4.78, 5) is 47.0. The van der Waals surface area contributed by atoms with Crippen molar-refractivity contribution in [3.63, 3.8) is 0 Å². The minimum absolute atomic E-state index is 0.00673. The van der Waals surface area contributed by atoms with Gasteiger partial charge >= 0.3 is 5.69 Å². The number of likely N-dealkylation sites (tertiary alicyclic amines) is 1. The predicted octanol–water partition coefficient (Wildman–Crippen LogP) is 0.463. The van der Waals surface area contributed by atoms with Gasteiger partial charge in [0.25, 0.3) is 0 Å². The van der Waals surface area contributed by atoms with Crippen LogP contribution in [0.15, 0.2) is 29.6 Å². The Morgan fingerprint density at radius 2 is 1.90 bits per heavy atom. The van der Waals surface area contributed by atoms with E-state index in [2.05, 4.69) is 26.8 Å². The minimum Gasteiger partial charge on any atom is -0.374 e. The number of nitrogens with zero attached hydrogens (tertiary/aromatic N) is 3. The third-order valence-electron chi connectivity index (χ3n) is 5.55. The van der Waals surface area contributed by atoms with Crippen molar-refractivity contribution in [1.82, 2.24) is 24.7 Å². The molecule has 1 aromatic heterocycles. The lowest BCUT2D eigenvalue weighted by atomic mass is 10.1. The Morgan fingerprint density at radius 1 is 1.17 bits per heavy atom. The lowest BCUT2D eigenvalue weighted by Gasteiger charge is -2.47. The number of benzene rings is 1. The number of piperazine rings is 1. The SMILES string of the molecule is C=CC(=O)N1CC(N2CCN(C(=O)CNc3cc(Cl)cc4[nH]c(=O)[nH]c34)CC2)C1. The molecule has 9 nitrogen and oxygen atoms in total. The van der Waals surface area contributed by atoms with E-state index in [1.165, 1.54) is 6.08 Å². The highest BCUT2D eigenvalue weighted by Gasteiger charge is 2.35. The zero-order valence-electron chi connectivity index (χ0n) is 15.9. The Bertz CT molecular complexity index is 1000. The Kier molecular flexibility index (Phi) is 5.33. The van der Waals surface area contributed by atoms with Crippen LogP contribution < -0.4 is 11.0 Å². The van der Waals surface area contributed by atoms with Gasteiger partial charge < -0.3 is 25.1 Å². The number of anilines is 1. The standard InChI is InChI=1S/C19H23ClN6O3/c1-2-16(27)26-10-13(11-26)24-3-5-25(6-4-24)17(28)9-21-14-7-12(20)8-15-18(14)23-19(29)22-15/h2,7-8,13,21H,1,3-6,9-11H2,(H2,22,23,29). The topological polar surface area (TPSA) is 105 Å². The molecular formula is C19H23ClN6O3. The number of fused-ring (bicyclic) bond motifs is 1. The van der Waals surface area contributed by atoms with Gasteiger partial charge in [-0.1, -0.05) is 18.2 Å². The van der Waals surface area contributed by atoms with E-state index in [4.69, 9.17) is 11.6 Å². The zero-order chi connectivity index (χ0) is 20.5. The maximum absolute atomic E-state index is 12.6. The lowest BCUT2D eigenvalue weighted by molar-refractivity contribution is -0.135. The summed E-state index contributed by atoms with van der Waals surface area (Å²) in [5.41, 5.74) is 1.48. The number of hydrogen-bond acceptors (Lipinski definition) is 5. The molecule has 0 aliphatic carbocycles. The molecule has 2 aromatic rings. The third-order valence-corrected chi connectivity index (χ3v) is 5.77. The first-order valence-electron chi connectivity index (χ1n) is 9.53. The average Bonchev–Trinajstić information content (AvgIpc) is 3.05. The number of carbonyl (C=O) groups is 2. The number of rotatable bonds is 5. The van der Waals surface area contributed by atoms with Crippen molar-refractivity contribution in [1.29, 1.82) is 0 Å². The summed E-state index contributed by atoms with van der Waals surface area (Å²) >= 11 is 6.09. The van der Waals surface area contributed by atoms with E-state index in [9.17, 15) is 14.4 Å². The molecular weight excluding hydrogens is 396 g/mol. The van der Waals surface area contributed by atoms with E-state index in [1.807, 2.05) is 4.90 Å². The summed E-state index contributed by atoms with van der Waals surface area (Å²) in [5.74, 6) is -0.0345. The van der Waals surface area contributed by atoms with Crippen molar-refractivity contribution in [3.05, 3.63) is 40.3 Å². The van der Waals surface area contributed by atoms with Gasteiger partial charge in [-0.05, 0) is 18.2 Å². The molecule has 3 N–H and O–H groups in total. The first kappa shape index (κ1) is 19.5. The van der Waals surface area contributed by atoms with Crippen LogP contribution in [-0.2, 0) is 9.59 Å². The molecule has 2 aliphatic heterocycles. The molecule has 10 heteroatoms. The van der Waals surface area contributed by atoms with Crippen molar-refractivity contribution in [3.8, 4) is 0 Å². The average molecular weight is 419 g/mol. The second-order valence-electron chi connectivity index (χ2n) is 7.33. The number of H-pyrrole nitrogens is 2. The Labute approximate surface area is 172 Å². The van der Waals surface area contributed by atoms with E-state index in [1.54, 1.807) is 17.0 Å². The molecule has 0 unspecified atom stereocenters. The van der Waals surface area contributed by atoms with Gasteiger partial charge in [0.2, 0.25) is 11.8 Å². The quantitative estimate of drug-likeness (QED) is 0.612. The molecule has 2 saturated heterocycles. The van der Waals surface area contributed by atoms with Crippen LogP contribution in [0.5, 0.6) is 0 Å². The van der Waals surface area contributed by atoms with Gasteiger partial charge in [0, 0.05) is 50.3 Å². The van der Waals surface area contributed by atoms with Gasteiger partial charge in [0.15, 0.2) is 0 Å². The molecule has 4 rings (SSSR count). The highest BCUT2D eigenvalue weighted by molar-refractivity contribution is 6.31. The van der Waals surface area contributed by atoms with Crippen LogP contribution in [0.25, 0.3) is 11.0 Å². The second kappa shape index (κ2) is 7.92. The van der Waals surface area contributed by atoms with Crippen LogP contribution in [0, 0.1) is 0 Å². The monoisotopic (exact) mass is 418 g/mol. The van der Waals surface area contributed by atoms with Crippen molar-refractivity contribution < 1.29 is 9.59 Å². The molecule has 154 valence electrons. The van der Waals surface area contributed by atoms with Gasteiger partial charge in [-0.25, -0.2) is 4.79 Å². The van der Waals surface area contributed by atoms with Crippen LogP contribution in [0.3, 0.4) is 0 Å². The minimum atomic E-state index is -0.322. The van der Waals surface area contributed by atoms with Crippen LogP contribution in [0.2, 0.25) is 5.02 Å². The highest BCUT2D eigenvalue weighted by Crippen LogP contribution is 2.24. The molecule has 2 aliphatic rings. The largest absolute Gasteiger partial charge is 0.374 e.